The first-order chi connectivity index (χ1) is 9.38. The molecule has 0 bridgehead atoms. The molecule has 0 amide bonds. The number of rotatable bonds is 6. The lowest BCUT2D eigenvalue weighted by atomic mass is 10.1. The molecule has 5 nitrogen and oxygen atoms in total. The number of aromatic nitrogens is 3. The van der Waals surface area contributed by atoms with Gasteiger partial charge in [0.2, 0.25) is 0 Å². The number of unbranched alkanes of at least 4 members (excludes halogenated alkanes) is 1. The molecule has 0 spiro atoms. The Hall–Kier alpha value is -2.01. The minimum absolute atomic E-state index is 0. The van der Waals surface area contributed by atoms with Gasteiger partial charge in [-0.05, 0) is 49.4 Å². The lowest BCUT2D eigenvalue weighted by Crippen LogP contribution is -1.97. The van der Waals surface area contributed by atoms with E-state index in [4.69, 9.17) is 5.21 Å². The smallest absolute Gasteiger partial charge is 0.107 e. The number of oxime groups is 1. The van der Waals surface area contributed by atoms with Gasteiger partial charge in [0.05, 0.1) is 11.9 Å². The first-order valence-electron chi connectivity index (χ1n) is 6.27. The molecule has 0 aliphatic heterocycles. The van der Waals surface area contributed by atoms with Crippen LogP contribution in [-0.2, 0) is 12.8 Å². The van der Waals surface area contributed by atoms with E-state index in [9.17, 15) is 0 Å². The zero-order chi connectivity index (χ0) is 13.3. The van der Waals surface area contributed by atoms with Crippen molar-refractivity contribution in [3.8, 4) is 0 Å². The monoisotopic (exact) mass is 292 g/mol. The number of pyridine rings is 1. The number of aryl methyl sites for hydroxylation is 2. The van der Waals surface area contributed by atoms with Gasteiger partial charge in [0.1, 0.15) is 5.69 Å². The van der Waals surface area contributed by atoms with Crippen molar-refractivity contribution in [1.82, 2.24) is 15.2 Å². The van der Waals surface area contributed by atoms with E-state index in [1.165, 1.54) is 11.8 Å². The molecule has 0 fully saturated rings. The SMILES string of the molecule is Cl.O/N=C\c1ccc(CCCCc2cccnc2)nn1. The van der Waals surface area contributed by atoms with Gasteiger partial charge >= 0.3 is 0 Å². The second-order valence-electron chi connectivity index (χ2n) is 4.26. The zero-order valence-corrected chi connectivity index (χ0v) is 11.8. The maximum atomic E-state index is 8.37. The Balaban J connectivity index is 0.00000200. The fourth-order valence-electron chi connectivity index (χ4n) is 1.81. The normalized spacial score (nSPS) is 10.4. The summed E-state index contributed by atoms with van der Waals surface area (Å²) in [5.41, 5.74) is 2.78. The quantitative estimate of drug-likeness (QED) is 0.384. The molecular formula is C14H17ClN4O. The summed E-state index contributed by atoms with van der Waals surface area (Å²) in [4.78, 5) is 4.09. The Bertz CT molecular complexity index is 516. The average Bonchev–Trinajstić information content (AvgIpc) is 2.47. The predicted octanol–water partition coefficient (Wildman–Crippen LogP) is 2.67. The highest BCUT2D eigenvalue weighted by atomic mass is 35.5. The van der Waals surface area contributed by atoms with Gasteiger partial charge in [-0.25, -0.2) is 0 Å². The van der Waals surface area contributed by atoms with Crippen LogP contribution in [0.15, 0.2) is 41.8 Å². The highest BCUT2D eigenvalue weighted by Crippen LogP contribution is 2.06. The maximum absolute atomic E-state index is 8.37. The van der Waals surface area contributed by atoms with Gasteiger partial charge in [0.25, 0.3) is 0 Å². The summed E-state index contributed by atoms with van der Waals surface area (Å²) in [6.45, 7) is 0. The Labute approximate surface area is 124 Å². The third-order valence-corrected chi connectivity index (χ3v) is 2.80. The van der Waals surface area contributed by atoms with Crippen LogP contribution in [0.25, 0.3) is 0 Å². The minimum Gasteiger partial charge on any atom is -0.411 e. The van der Waals surface area contributed by atoms with E-state index in [0.29, 0.717) is 5.69 Å². The van der Waals surface area contributed by atoms with Crippen LogP contribution in [0, 0.1) is 0 Å². The molecule has 0 saturated carbocycles. The summed E-state index contributed by atoms with van der Waals surface area (Å²) in [6, 6.07) is 7.76. The van der Waals surface area contributed by atoms with Crippen LogP contribution >= 0.6 is 12.4 Å². The summed E-state index contributed by atoms with van der Waals surface area (Å²) in [6.07, 6.45) is 9.07. The van der Waals surface area contributed by atoms with E-state index in [2.05, 4.69) is 26.4 Å². The van der Waals surface area contributed by atoms with Crippen LogP contribution in [0.5, 0.6) is 0 Å². The number of halogens is 1. The van der Waals surface area contributed by atoms with Crippen LogP contribution in [0.1, 0.15) is 29.8 Å². The molecular weight excluding hydrogens is 276 g/mol. The third-order valence-electron chi connectivity index (χ3n) is 2.80. The number of nitrogens with zero attached hydrogens (tertiary/aromatic N) is 4. The summed E-state index contributed by atoms with van der Waals surface area (Å²) in [5, 5.41) is 19.3. The molecule has 2 aromatic rings. The molecule has 2 aromatic heterocycles. The van der Waals surface area contributed by atoms with E-state index in [1.54, 1.807) is 12.3 Å². The molecule has 0 aliphatic rings. The first-order valence-corrected chi connectivity index (χ1v) is 6.27. The van der Waals surface area contributed by atoms with Crippen molar-refractivity contribution in [2.75, 3.05) is 0 Å². The van der Waals surface area contributed by atoms with Crippen molar-refractivity contribution < 1.29 is 5.21 Å². The van der Waals surface area contributed by atoms with Crippen molar-refractivity contribution >= 4 is 18.6 Å². The lowest BCUT2D eigenvalue weighted by molar-refractivity contribution is 0.321. The first kappa shape index (κ1) is 16.0. The topological polar surface area (TPSA) is 71.3 Å². The molecule has 2 heterocycles. The Morgan fingerprint density at radius 3 is 2.60 bits per heavy atom. The summed E-state index contributed by atoms with van der Waals surface area (Å²) >= 11 is 0. The van der Waals surface area contributed by atoms with Gasteiger partial charge in [-0.15, -0.1) is 17.5 Å². The van der Waals surface area contributed by atoms with Crippen LogP contribution < -0.4 is 0 Å². The van der Waals surface area contributed by atoms with E-state index >= 15 is 0 Å². The molecule has 106 valence electrons. The minimum atomic E-state index is 0. The van der Waals surface area contributed by atoms with Crippen molar-refractivity contribution in [3.63, 3.8) is 0 Å². The van der Waals surface area contributed by atoms with Gasteiger partial charge in [-0.1, -0.05) is 11.2 Å². The molecule has 0 saturated heterocycles. The Morgan fingerprint density at radius 2 is 1.95 bits per heavy atom. The number of hydrogen-bond acceptors (Lipinski definition) is 5. The molecule has 0 unspecified atom stereocenters. The largest absolute Gasteiger partial charge is 0.411 e. The second-order valence-corrected chi connectivity index (χ2v) is 4.26. The molecule has 0 aliphatic carbocycles. The Kier molecular flexibility index (Phi) is 7.21. The molecule has 20 heavy (non-hydrogen) atoms. The summed E-state index contributed by atoms with van der Waals surface area (Å²) < 4.78 is 0. The summed E-state index contributed by atoms with van der Waals surface area (Å²) in [5.74, 6) is 0. The highest BCUT2D eigenvalue weighted by Gasteiger charge is 1.98. The predicted molar refractivity (Wildman–Crippen MR) is 79.5 cm³/mol. The standard InChI is InChI=1S/C14H16N4O.ClH/c19-16-11-14-8-7-13(17-18-14)6-2-1-4-12-5-3-9-15-10-12;/h3,5,7-11,19H,1-2,4,6H2;1H/b16-11-;. The van der Waals surface area contributed by atoms with E-state index in [0.717, 1.165) is 31.4 Å². The molecule has 1 N–H and O–H groups in total. The third kappa shape index (κ3) is 5.32. The molecule has 0 atom stereocenters. The molecule has 0 radical (unpaired) electrons. The zero-order valence-electron chi connectivity index (χ0n) is 11.0. The van der Waals surface area contributed by atoms with Crippen molar-refractivity contribution in [1.29, 1.82) is 0 Å². The summed E-state index contributed by atoms with van der Waals surface area (Å²) in [7, 11) is 0. The van der Waals surface area contributed by atoms with Crippen molar-refractivity contribution in [2.24, 2.45) is 5.16 Å². The lowest BCUT2D eigenvalue weighted by Gasteiger charge is -2.01. The fourth-order valence-corrected chi connectivity index (χ4v) is 1.81. The van der Waals surface area contributed by atoms with Crippen molar-refractivity contribution in [2.45, 2.75) is 25.7 Å². The molecule has 0 aromatic carbocycles. The fraction of sp³-hybridized carbons (Fsp3) is 0.286. The maximum Gasteiger partial charge on any atom is 0.107 e. The average molecular weight is 293 g/mol. The van der Waals surface area contributed by atoms with Crippen LogP contribution in [0.4, 0.5) is 0 Å². The van der Waals surface area contributed by atoms with Gasteiger partial charge in [-0.2, -0.15) is 5.10 Å². The van der Waals surface area contributed by atoms with Crippen LogP contribution in [-0.4, -0.2) is 26.6 Å². The number of hydrogen-bond donors (Lipinski definition) is 1. The van der Waals surface area contributed by atoms with Gasteiger partial charge in [-0.3, -0.25) is 4.98 Å². The van der Waals surface area contributed by atoms with Gasteiger partial charge in [0.15, 0.2) is 0 Å². The molecule has 6 heteroatoms. The van der Waals surface area contributed by atoms with E-state index < -0.39 is 0 Å². The van der Waals surface area contributed by atoms with E-state index in [-0.39, 0.29) is 12.4 Å². The second kappa shape index (κ2) is 8.98. The van der Waals surface area contributed by atoms with Gasteiger partial charge in [0, 0.05) is 12.4 Å². The van der Waals surface area contributed by atoms with Crippen LogP contribution in [0.2, 0.25) is 0 Å². The van der Waals surface area contributed by atoms with Crippen LogP contribution in [0.3, 0.4) is 0 Å². The Morgan fingerprint density at radius 1 is 1.10 bits per heavy atom. The van der Waals surface area contributed by atoms with Gasteiger partial charge < -0.3 is 5.21 Å². The van der Waals surface area contributed by atoms with Crippen molar-refractivity contribution in [3.05, 3.63) is 53.6 Å². The van der Waals surface area contributed by atoms with E-state index in [1.807, 2.05) is 18.3 Å². The highest BCUT2D eigenvalue weighted by molar-refractivity contribution is 5.85. The molecule has 2 rings (SSSR count).